The summed E-state index contributed by atoms with van der Waals surface area (Å²) in [6, 6.07) is 3.87. The van der Waals surface area contributed by atoms with Crippen LogP contribution in [0.1, 0.15) is 5.56 Å². The number of hydrogen-bond acceptors (Lipinski definition) is 6. The minimum Gasteiger partial charge on any atom is -0.374 e. The molecule has 0 aromatic carbocycles. The molecule has 0 N–H and O–H groups in total. The van der Waals surface area contributed by atoms with Crippen molar-refractivity contribution in [3.63, 3.8) is 0 Å². The molecule has 1 atom stereocenters. The monoisotopic (exact) mass is 316 g/mol. The van der Waals surface area contributed by atoms with Crippen LogP contribution in [0.5, 0.6) is 0 Å². The molecule has 3 rings (SSSR count). The molecule has 1 saturated heterocycles. The van der Waals surface area contributed by atoms with Crippen LogP contribution in [0, 0.1) is 0 Å². The Morgan fingerprint density at radius 1 is 1.43 bits per heavy atom. The van der Waals surface area contributed by atoms with Crippen LogP contribution in [-0.4, -0.2) is 70.8 Å². The zero-order chi connectivity index (χ0) is 16.1. The van der Waals surface area contributed by atoms with E-state index in [0.29, 0.717) is 0 Å². The van der Waals surface area contributed by atoms with Gasteiger partial charge in [-0.2, -0.15) is 10.2 Å². The van der Waals surface area contributed by atoms with E-state index in [2.05, 4.69) is 31.3 Å². The highest BCUT2D eigenvalue weighted by molar-refractivity contribution is 5.35. The van der Waals surface area contributed by atoms with Crippen molar-refractivity contribution in [2.75, 3.05) is 44.7 Å². The number of aromatic nitrogens is 4. The Labute approximate surface area is 136 Å². The lowest BCUT2D eigenvalue weighted by molar-refractivity contribution is -0.0231. The molecular weight excluding hydrogens is 292 g/mol. The SMILES string of the molecule is CN(C[C@@H]1CN(CCc2cnn(C)c2)CCO1)c1cccnn1. The van der Waals surface area contributed by atoms with Gasteiger partial charge in [0, 0.05) is 52.7 Å². The maximum absolute atomic E-state index is 5.91. The van der Waals surface area contributed by atoms with Crippen LogP contribution in [0.2, 0.25) is 0 Å². The number of nitrogens with zero attached hydrogens (tertiary/aromatic N) is 6. The molecule has 0 aliphatic carbocycles. The predicted octanol–water partition coefficient (Wildman–Crippen LogP) is 0.590. The second-order valence-corrected chi connectivity index (χ2v) is 6.03. The summed E-state index contributed by atoms with van der Waals surface area (Å²) in [5.74, 6) is 0.878. The second kappa shape index (κ2) is 7.52. The van der Waals surface area contributed by atoms with Crippen molar-refractivity contribution in [2.24, 2.45) is 7.05 Å². The Balaban J connectivity index is 1.48. The summed E-state index contributed by atoms with van der Waals surface area (Å²) in [7, 11) is 3.98. The Hall–Kier alpha value is -1.99. The van der Waals surface area contributed by atoms with Gasteiger partial charge in [0.15, 0.2) is 5.82 Å². The standard InChI is InChI=1S/C16H24N6O/c1-20(16-4-3-6-17-19-16)12-15-13-22(8-9-23-15)7-5-14-10-18-21(2)11-14/h3-4,6,10-11,15H,5,7-9,12-13H2,1-2H3/t15-/m1/s1. The number of rotatable bonds is 6. The van der Waals surface area contributed by atoms with Crippen molar-refractivity contribution in [3.05, 3.63) is 36.3 Å². The van der Waals surface area contributed by atoms with Crippen molar-refractivity contribution < 1.29 is 4.74 Å². The quantitative estimate of drug-likeness (QED) is 0.777. The molecule has 124 valence electrons. The van der Waals surface area contributed by atoms with Gasteiger partial charge < -0.3 is 9.64 Å². The molecule has 1 aliphatic rings. The zero-order valence-electron chi connectivity index (χ0n) is 13.8. The van der Waals surface area contributed by atoms with E-state index >= 15 is 0 Å². The molecule has 2 aromatic heterocycles. The Bertz CT molecular complexity index is 602. The molecule has 2 aromatic rings. The summed E-state index contributed by atoms with van der Waals surface area (Å²) >= 11 is 0. The molecule has 0 bridgehead atoms. The molecule has 7 heteroatoms. The highest BCUT2D eigenvalue weighted by Gasteiger charge is 2.22. The van der Waals surface area contributed by atoms with Crippen LogP contribution in [0.3, 0.4) is 0 Å². The molecule has 1 fully saturated rings. The fourth-order valence-corrected chi connectivity index (χ4v) is 2.88. The van der Waals surface area contributed by atoms with E-state index in [1.54, 1.807) is 6.20 Å². The third-order valence-electron chi connectivity index (χ3n) is 4.12. The lowest BCUT2D eigenvalue weighted by Gasteiger charge is -2.34. The van der Waals surface area contributed by atoms with Gasteiger partial charge in [0.25, 0.3) is 0 Å². The summed E-state index contributed by atoms with van der Waals surface area (Å²) in [6.45, 7) is 4.59. The van der Waals surface area contributed by atoms with Gasteiger partial charge >= 0.3 is 0 Å². The summed E-state index contributed by atoms with van der Waals surface area (Å²) in [5, 5.41) is 12.3. The summed E-state index contributed by atoms with van der Waals surface area (Å²) < 4.78 is 7.76. The fourth-order valence-electron chi connectivity index (χ4n) is 2.88. The van der Waals surface area contributed by atoms with Crippen LogP contribution in [-0.2, 0) is 18.2 Å². The Morgan fingerprint density at radius 2 is 2.35 bits per heavy atom. The smallest absolute Gasteiger partial charge is 0.151 e. The van der Waals surface area contributed by atoms with E-state index in [0.717, 1.165) is 45.0 Å². The third kappa shape index (κ3) is 4.49. The number of likely N-dealkylation sites (N-methyl/N-ethyl adjacent to an activating group) is 1. The van der Waals surface area contributed by atoms with Crippen LogP contribution in [0.15, 0.2) is 30.7 Å². The molecule has 0 unspecified atom stereocenters. The molecule has 1 aliphatic heterocycles. The first-order chi connectivity index (χ1) is 11.2. The van der Waals surface area contributed by atoms with Gasteiger partial charge in [0.2, 0.25) is 0 Å². The normalized spacial score (nSPS) is 19.0. The molecule has 3 heterocycles. The average Bonchev–Trinajstić information content (AvgIpc) is 3.00. The Kier molecular flexibility index (Phi) is 5.19. The van der Waals surface area contributed by atoms with Gasteiger partial charge in [-0.1, -0.05) is 0 Å². The van der Waals surface area contributed by atoms with E-state index in [-0.39, 0.29) is 6.10 Å². The van der Waals surface area contributed by atoms with E-state index in [4.69, 9.17) is 4.74 Å². The zero-order valence-corrected chi connectivity index (χ0v) is 13.8. The largest absolute Gasteiger partial charge is 0.374 e. The van der Waals surface area contributed by atoms with E-state index < -0.39 is 0 Å². The van der Waals surface area contributed by atoms with E-state index in [9.17, 15) is 0 Å². The van der Waals surface area contributed by atoms with E-state index in [1.165, 1.54) is 5.56 Å². The molecule has 0 amide bonds. The summed E-state index contributed by atoms with van der Waals surface area (Å²) in [6.07, 6.45) is 6.94. The lowest BCUT2D eigenvalue weighted by atomic mass is 10.2. The van der Waals surface area contributed by atoms with Gasteiger partial charge in [0.05, 0.1) is 18.9 Å². The molecule has 7 nitrogen and oxygen atoms in total. The molecule has 0 radical (unpaired) electrons. The predicted molar refractivity (Wildman–Crippen MR) is 88.4 cm³/mol. The maximum atomic E-state index is 5.91. The first kappa shape index (κ1) is 15.9. The van der Waals surface area contributed by atoms with Crippen LogP contribution < -0.4 is 4.90 Å². The Morgan fingerprint density at radius 3 is 3.09 bits per heavy atom. The van der Waals surface area contributed by atoms with Crippen LogP contribution in [0.4, 0.5) is 5.82 Å². The van der Waals surface area contributed by atoms with Gasteiger partial charge in [-0.15, -0.1) is 5.10 Å². The average molecular weight is 316 g/mol. The molecular formula is C16H24N6O. The molecule has 0 spiro atoms. The topological polar surface area (TPSA) is 59.3 Å². The minimum atomic E-state index is 0.199. The number of anilines is 1. The first-order valence-corrected chi connectivity index (χ1v) is 8.01. The van der Waals surface area contributed by atoms with Crippen LogP contribution in [0.25, 0.3) is 0 Å². The minimum absolute atomic E-state index is 0.199. The summed E-state index contributed by atoms with van der Waals surface area (Å²) in [4.78, 5) is 4.56. The van der Waals surface area contributed by atoms with Gasteiger partial charge in [0.1, 0.15) is 0 Å². The van der Waals surface area contributed by atoms with Crippen molar-refractivity contribution >= 4 is 5.82 Å². The highest BCUT2D eigenvalue weighted by Crippen LogP contribution is 2.12. The van der Waals surface area contributed by atoms with Crippen LogP contribution >= 0.6 is 0 Å². The van der Waals surface area contributed by atoms with Crippen molar-refractivity contribution in [1.29, 1.82) is 0 Å². The molecule has 23 heavy (non-hydrogen) atoms. The lowest BCUT2D eigenvalue weighted by Crippen LogP contribution is -2.47. The van der Waals surface area contributed by atoms with Gasteiger partial charge in [-0.25, -0.2) is 0 Å². The van der Waals surface area contributed by atoms with Gasteiger partial charge in [-0.05, 0) is 24.1 Å². The second-order valence-electron chi connectivity index (χ2n) is 6.03. The third-order valence-corrected chi connectivity index (χ3v) is 4.12. The molecule has 0 saturated carbocycles. The van der Waals surface area contributed by atoms with Crippen molar-refractivity contribution in [2.45, 2.75) is 12.5 Å². The fraction of sp³-hybridized carbons (Fsp3) is 0.562. The van der Waals surface area contributed by atoms with E-state index in [1.807, 2.05) is 37.1 Å². The number of morpholine rings is 1. The first-order valence-electron chi connectivity index (χ1n) is 8.01. The van der Waals surface area contributed by atoms with Gasteiger partial charge in [-0.3, -0.25) is 9.58 Å². The number of ether oxygens (including phenoxy) is 1. The number of aryl methyl sites for hydroxylation is 1. The maximum Gasteiger partial charge on any atom is 0.151 e. The van der Waals surface area contributed by atoms with Crippen molar-refractivity contribution in [3.8, 4) is 0 Å². The summed E-state index contributed by atoms with van der Waals surface area (Å²) in [5.41, 5.74) is 1.28. The van der Waals surface area contributed by atoms with Crippen molar-refractivity contribution in [1.82, 2.24) is 24.9 Å². The number of hydrogen-bond donors (Lipinski definition) is 0. The highest BCUT2D eigenvalue weighted by atomic mass is 16.5.